The Morgan fingerprint density at radius 2 is 2.22 bits per heavy atom. The van der Waals surface area contributed by atoms with Gasteiger partial charge in [0.05, 0.1) is 38.4 Å². The highest BCUT2D eigenvalue weighted by Crippen LogP contribution is 2.36. The van der Waals surface area contributed by atoms with E-state index >= 15 is 0 Å². The molecule has 3 saturated heterocycles. The molecule has 1 amide bonds. The van der Waals surface area contributed by atoms with E-state index in [0.29, 0.717) is 38.8 Å². The van der Waals surface area contributed by atoms with E-state index in [1.54, 1.807) is 18.6 Å². The first-order chi connectivity index (χ1) is 11.2. The molecular weight excluding hydrogens is 298 g/mol. The maximum absolute atomic E-state index is 12.4. The van der Waals surface area contributed by atoms with Gasteiger partial charge < -0.3 is 19.1 Å². The molecule has 0 saturated carbocycles. The van der Waals surface area contributed by atoms with Crippen LogP contribution in [0.4, 0.5) is 0 Å². The zero-order chi connectivity index (χ0) is 15.7. The number of hydrogen-bond donors (Lipinski definition) is 0. The van der Waals surface area contributed by atoms with Crippen molar-refractivity contribution in [2.24, 2.45) is 5.92 Å². The summed E-state index contributed by atoms with van der Waals surface area (Å²) in [6, 6.07) is 0. The molecule has 1 aromatic rings. The molecule has 0 radical (unpaired) electrons. The molecule has 3 aliphatic heterocycles. The van der Waals surface area contributed by atoms with Crippen LogP contribution in [-0.4, -0.2) is 65.4 Å². The van der Waals surface area contributed by atoms with E-state index < -0.39 is 0 Å². The number of amides is 1. The van der Waals surface area contributed by atoms with Crippen molar-refractivity contribution in [1.82, 2.24) is 14.9 Å². The van der Waals surface area contributed by atoms with Crippen LogP contribution in [-0.2, 0) is 14.3 Å². The Morgan fingerprint density at radius 1 is 1.30 bits per heavy atom. The van der Waals surface area contributed by atoms with Gasteiger partial charge in [0.25, 0.3) is 0 Å². The molecule has 4 heterocycles. The average molecular weight is 319 g/mol. The van der Waals surface area contributed by atoms with Gasteiger partial charge in [-0.3, -0.25) is 9.78 Å². The lowest BCUT2D eigenvalue weighted by Crippen LogP contribution is -2.68. The van der Waals surface area contributed by atoms with Gasteiger partial charge in [-0.2, -0.15) is 0 Å². The third-order valence-corrected chi connectivity index (χ3v) is 4.82. The van der Waals surface area contributed by atoms with Gasteiger partial charge in [-0.25, -0.2) is 4.98 Å². The van der Waals surface area contributed by atoms with Crippen molar-refractivity contribution in [1.29, 1.82) is 0 Å². The van der Waals surface area contributed by atoms with Crippen molar-refractivity contribution in [2.75, 3.05) is 32.9 Å². The van der Waals surface area contributed by atoms with Crippen LogP contribution >= 0.6 is 0 Å². The predicted octanol–water partition coefficient (Wildman–Crippen LogP) is 0.652. The predicted molar refractivity (Wildman–Crippen MR) is 79.9 cm³/mol. The summed E-state index contributed by atoms with van der Waals surface area (Å²) in [6.45, 7) is 3.21. The Labute approximate surface area is 134 Å². The Hall–Kier alpha value is -1.73. The van der Waals surface area contributed by atoms with Crippen molar-refractivity contribution >= 4 is 5.91 Å². The number of aromatic nitrogens is 2. The van der Waals surface area contributed by atoms with Crippen LogP contribution < -0.4 is 4.74 Å². The number of nitrogens with zero attached hydrogens (tertiary/aromatic N) is 3. The average Bonchev–Trinajstić information content (AvgIpc) is 3.07. The maximum atomic E-state index is 12.4. The van der Waals surface area contributed by atoms with E-state index in [1.165, 1.54) is 0 Å². The van der Waals surface area contributed by atoms with Crippen LogP contribution in [0.25, 0.3) is 0 Å². The number of rotatable bonds is 3. The van der Waals surface area contributed by atoms with Crippen LogP contribution in [0, 0.1) is 5.92 Å². The number of ether oxygens (including phenoxy) is 3. The maximum Gasteiger partial charge on any atom is 0.232 e. The molecule has 0 bridgehead atoms. The molecule has 0 unspecified atom stereocenters. The van der Waals surface area contributed by atoms with Crippen molar-refractivity contribution in [3.63, 3.8) is 0 Å². The highest BCUT2D eigenvalue weighted by molar-refractivity contribution is 5.80. The third kappa shape index (κ3) is 3.03. The van der Waals surface area contributed by atoms with Gasteiger partial charge in [0.2, 0.25) is 11.8 Å². The van der Waals surface area contributed by atoms with Gasteiger partial charge in [0, 0.05) is 31.8 Å². The smallest absolute Gasteiger partial charge is 0.232 e. The first kappa shape index (κ1) is 14.8. The topological polar surface area (TPSA) is 73.8 Å². The monoisotopic (exact) mass is 319 g/mol. The molecule has 124 valence electrons. The highest BCUT2D eigenvalue weighted by atomic mass is 16.5. The number of carbonyl (C=O) groups is 1. The standard InChI is InChI=1S/C16H21N3O4/c20-15(12-1-5-21-9-12)19-10-16(11-19)7-13(2-6-22-16)23-14-8-17-3-4-18-14/h3-4,8,12-13H,1-2,5-7,9-11H2/t12-,13+/m0/s1. The van der Waals surface area contributed by atoms with Crippen LogP contribution in [0.15, 0.2) is 18.6 Å². The summed E-state index contributed by atoms with van der Waals surface area (Å²) in [4.78, 5) is 22.4. The zero-order valence-electron chi connectivity index (χ0n) is 13.0. The van der Waals surface area contributed by atoms with E-state index in [-0.39, 0.29) is 23.5 Å². The van der Waals surface area contributed by atoms with Crippen molar-refractivity contribution < 1.29 is 19.0 Å². The summed E-state index contributed by atoms with van der Waals surface area (Å²) in [7, 11) is 0. The Kier molecular flexibility index (Phi) is 3.90. The minimum atomic E-state index is -0.250. The van der Waals surface area contributed by atoms with Gasteiger partial charge in [0.1, 0.15) is 11.7 Å². The molecular formula is C16H21N3O4. The molecule has 4 rings (SSSR count). The van der Waals surface area contributed by atoms with Gasteiger partial charge in [-0.15, -0.1) is 0 Å². The van der Waals surface area contributed by atoms with Crippen molar-refractivity contribution in [3.8, 4) is 5.88 Å². The second-order valence-electron chi connectivity index (χ2n) is 6.56. The summed E-state index contributed by atoms with van der Waals surface area (Å²) in [5.41, 5.74) is -0.250. The van der Waals surface area contributed by atoms with Crippen LogP contribution in [0.5, 0.6) is 5.88 Å². The Balaban J connectivity index is 1.32. The molecule has 0 aliphatic carbocycles. The first-order valence-electron chi connectivity index (χ1n) is 8.17. The lowest BCUT2D eigenvalue weighted by Gasteiger charge is -2.53. The summed E-state index contributed by atoms with van der Waals surface area (Å²) in [5, 5.41) is 0. The molecule has 7 heteroatoms. The minimum Gasteiger partial charge on any atom is -0.473 e. The van der Waals surface area contributed by atoms with E-state index in [1.807, 2.05) is 4.90 Å². The molecule has 3 aliphatic rings. The van der Waals surface area contributed by atoms with Crippen LogP contribution in [0.3, 0.4) is 0 Å². The van der Waals surface area contributed by atoms with E-state index in [0.717, 1.165) is 19.3 Å². The first-order valence-corrected chi connectivity index (χ1v) is 8.17. The molecule has 7 nitrogen and oxygen atoms in total. The van der Waals surface area contributed by atoms with Gasteiger partial charge in [-0.05, 0) is 6.42 Å². The molecule has 23 heavy (non-hydrogen) atoms. The SMILES string of the molecule is O=C([C@H]1CCOC1)N1CC2(C[C@H](Oc3cnccn3)CCO2)C1. The fraction of sp³-hybridized carbons (Fsp3) is 0.688. The normalized spacial score (nSPS) is 29.3. The Bertz CT molecular complexity index is 556. The third-order valence-electron chi connectivity index (χ3n) is 4.82. The van der Waals surface area contributed by atoms with Gasteiger partial charge in [-0.1, -0.05) is 0 Å². The number of likely N-dealkylation sites (tertiary alicyclic amines) is 1. The zero-order valence-corrected chi connectivity index (χ0v) is 13.0. The minimum absolute atomic E-state index is 0.0302. The fourth-order valence-corrected chi connectivity index (χ4v) is 3.61. The second kappa shape index (κ2) is 6.05. The van der Waals surface area contributed by atoms with E-state index in [2.05, 4.69) is 9.97 Å². The number of hydrogen-bond acceptors (Lipinski definition) is 6. The lowest BCUT2D eigenvalue weighted by atomic mass is 9.84. The molecule has 1 aromatic heterocycles. The summed E-state index contributed by atoms with van der Waals surface area (Å²) in [6.07, 6.45) is 7.39. The summed E-state index contributed by atoms with van der Waals surface area (Å²) >= 11 is 0. The second-order valence-corrected chi connectivity index (χ2v) is 6.56. The van der Waals surface area contributed by atoms with Gasteiger partial charge in [0.15, 0.2) is 0 Å². The lowest BCUT2D eigenvalue weighted by molar-refractivity contribution is -0.195. The van der Waals surface area contributed by atoms with Crippen LogP contribution in [0.2, 0.25) is 0 Å². The van der Waals surface area contributed by atoms with Crippen molar-refractivity contribution in [3.05, 3.63) is 18.6 Å². The summed E-state index contributed by atoms with van der Waals surface area (Å²) < 4.78 is 17.2. The molecule has 2 atom stereocenters. The molecule has 3 fully saturated rings. The van der Waals surface area contributed by atoms with Crippen molar-refractivity contribution in [2.45, 2.75) is 31.0 Å². The molecule has 1 spiro atoms. The fourth-order valence-electron chi connectivity index (χ4n) is 3.61. The van der Waals surface area contributed by atoms with Gasteiger partial charge >= 0.3 is 0 Å². The highest BCUT2D eigenvalue weighted by Gasteiger charge is 2.51. The van der Waals surface area contributed by atoms with E-state index in [4.69, 9.17) is 14.2 Å². The quantitative estimate of drug-likeness (QED) is 0.814. The molecule has 0 aromatic carbocycles. The number of carbonyl (C=O) groups excluding carboxylic acids is 1. The largest absolute Gasteiger partial charge is 0.473 e. The Morgan fingerprint density at radius 3 is 2.96 bits per heavy atom. The van der Waals surface area contributed by atoms with Crippen LogP contribution in [0.1, 0.15) is 19.3 Å². The molecule has 0 N–H and O–H groups in total. The van der Waals surface area contributed by atoms with E-state index in [9.17, 15) is 4.79 Å². The summed E-state index contributed by atoms with van der Waals surface area (Å²) in [5.74, 6) is 0.779.